The first kappa shape index (κ1) is 10.8. The zero-order valence-corrected chi connectivity index (χ0v) is 6.26. The van der Waals surface area contributed by atoms with Crippen molar-refractivity contribution in [2.24, 2.45) is 0 Å². The molecule has 0 aromatic carbocycles. The minimum absolute atomic E-state index is 0.434. The maximum Gasteiger partial charge on any atom is 0.512 e. The van der Waals surface area contributed by atoms with Gasteiger partial charge in [0, 0.05) is 0 Å². The lowest BCUT2D eigenvalue weighted by atomic mass is 11.6. The Hall–Kier alpha value is -0.190. The van der Waals surface area contributed by atoms with Crippen molar-refractivity contribution in [2.75, 3.05) is 0 Å². The number of rotatable bonds is 2. The van der Waals surface area contributed by atoms with Crippen molar-refractivity contribution in [2.45, 2.75) is 5.51 Å². The lowest BCUT2D eigenvalue weighted by Gasteiger charge is -2.04. The van der Waals surface area contributed by atoms with Gasteiger partial charge < -0.3 is 0 Å². The molecule has 0 aromatic rings. The summed E-state index contributed by atoms with van der Waals surface area (Å²) in [6, 6.07) is 0. The minimum atomic E-state index is -5.70. The van der Waals surface area contributed by atoms with E-state index in [-0.39, 0.29) is 0 Å². The molecule has 5 nitrogen and oxygen atoms in total. The van der Waals surface area contributed by atoms with Crippen LogP contribution in [0.3, 0.4) is 0 Å². The van der Waals surface area contributed by atoms with Crippen LogP contribution in [0.15, 0.2) is 0 Å². The predicted molar refractivity (Wildman–Crippen MR) is 28.9 cm³/mol. The third-order valence-electron chi connectivity index (χ3n) is 0.486. The maximum atomic E-state index is 11.3. The number of halogens is 3. The molecule has 1 unspecified atom stereocenters. The van der Waals surface area contributed by atoms with Crippen LogP contribution in [0.4, 0.5) is 13.2 Å². The van der Waals surface area contributed by atoms with Gasteiger partial charge in [-0.1, -0.05) is 0 Å². The van der Waals surface area contributed by atoms with Crippen LogP contribution < -0.4 is 4.13 Å². The molecule has 0 aliphatic rings. The molecular formula is CH2F3NO4S2. The molecule has 0 aliphatic heterocycles. The van der Waals surface area contributed by atoms with Crippen LogP contribution in [0.25, 0.3) is 0 Å². The van der Waals surface area contributed by atoms with Gasteiger partial charge in [0.1, 0.15) is 0 Å². The molecule has 0 aromatic heterocycles. The highest BCUT2D eigenvalue weighted by Gasteiger charge is 2.46. The zero-order chi connectivity index (χ0) is 9.28. The normalized spacial score (nSPS) is 16.4. The highest BCUT2D eigenvalue weighted by atomic mass is 32.3. The molecular weight excluding hydrogens is 211 g/mol. The summed E-state index contributed by atoms with van der Waals surface area (Å²) in [6.07, 6.45) is 0. The van der Waals surface area contributed by atoms with Gasteiger partial charge in [0.2, 0.25) is 11.3 Å². The Morgan fingerprint density at radius 1 is 1.36 bits per heavy atom. The van der Waals surface area contributed by atoms with Gasteiger partial charge in [-0.2, -0.15) is 13.2 Å². The molecule has 68 valence electrons. The van der Waals surface area contributed by atoms with E-state index in [1.165, 1.54) is 0 Å². The van der Waals surface area contributed by atoms with E-state index < -0.39 is 26.8 Å². The van der Waals surface area contributed by atoms with Crippen LogP contribution in [0, 0.1) is 0 Å². The van der Waals surface area contributed by atoms with Crippen LogP contribution in [-0.4, -0.2) is 22.7 Å². The highest BCUT2D eigenvalue weighted by Crippen LogP contribution is 2.21. The van der Waals surface area contributed by atoms with E-state index in [9.17, 15) is 25.8 Å². The highest BCUT2D eigenvalue weighted by molar-refractivity contribution is 8.00. The molecule has 0 radical (unpaired) electrons. The smallest absolute Gasteiger partial charge is 0.293 e. The first-order chi connectivity index (χ1) is 4.67. The van der Waals surface area contributed by atoms with Crippen molar-refractivity contribution in [3.05, 3.63) is 0 Å². The molecule has 0 bridgehead atoms. The fourth-order valence-electron chi connectivity index (χ4n) is 0.141. The van der Waals surface area contributed by atoms with Gasteiger partial charge in [0.15, 0.2) is 0 Å². The Labute approximate surface area is 62.1 Å². The number of hydrogen-bond donors (Lipinski definition) is 2. The van der Waals surface area contributed by atoms with E-state index in [0.717, 1.165) is 0 Å². The quantitative estimate of drug-likeness (QED) is 0.609. The second kappa shape index (κ2) is 3.05. The van der Waals surface area contributed by atoms with Crippen LogP contribution in [-0.2, 0) is 21.3 Å². The van der Waals surface area contributed by atoms with Crippen LogP contribution in [0.2, 0.25) is 0 Å². The third kappa shape index (κ3) is 3.14. The van der Waals surface area contributed by atoms with Crippen molar-refractivity contribution in [1.29, 1.82) is 0 Å². The second-order valence-corrected chi connectivity index (χ2v) is 3.92. The van der Waals surface area contributed by atoms with E-state index in [4.69, 9.17) is 4.55 Å². The van der Waals surface area contributed by atoms with Crippen molar-refractivity contribution in [1.82, 2.24) is 4.13 Å². The molecule has 0 saturated heterocycles. The average molecular weight is 213 g/mol. The molecule has 2 N–H and O–H groups in total. The summed E-state index contributed by atoms with van der Waals surface area (Å²) in [5.74, 6) is 0. The monoisotopic (exact) mass is 213 g/mol. The lowest BCUT2D eigenvalue weighted by Crippen LogP contribution is -2.37. The molecule has 0 heterocycles. The Kier molecular flexibility index (Phi) is 2.99. The number of alkyl halides is 3. The van der Waals surface area contributed by atoms with Gasteiger partial charge in [0.25, 0.3) is 0 Å². The second-order valence-electron chi connectivity index (χ2n) is 1.28. The Morgan fingerprint density at radius 3 is 1.82 bits per heavy atom. The molecule has 0 rings (SSSR count). The van der Waals surface area contributed by atoms with E-state index in [1.54, 1.807) is 0 Å². The standard InChI is InChI=1S/CH2F3NO4S2/c2-1(3,4)11(8,9)5-10(6)7/h5H,(H,6,7). The molecule has 0 saturated carbocycles. The van der Waals surface area contributed by atoms with E-state index in [1.807, 2.05) is 0 Å². The summed E-state index contributed by atoms with van der Waals surface area (Å²) in [6.45, 7) is 0. The van der Waals surface area contributed by atoms with Crippen LogP contribution in [0.5, 0.6) is 0 Å². The molecule has 0 fully saturated rings. The van der Waals surface area contributed by atoms with Crippen molar-refractivity contribution < 1.29 is 30.4 Å². The number of sulfonamides is 1. The van der Waals surface area contributed by atoms with Gasteiger partial charge in [-0.25, -0.2) is 12.6 Å². The number of nitrogens with one attached hydrogen (secondary N) is 1. The summed E-state index contributed by atoms with van der Waals surface area (Å²) < 4.78 is 71.4. The predicted octanol–water partition coefficient (Wildman–Crippen LogP) is -0.438. The van der Waals surface area contributed by atoms with Gasteiger partial charge in [-0.05, 0) is 0 Å². The van der Waals surface area contributed by atoms with E-state index in [2.05, 4.69) is 0 Å². The minimum Gasteiger partial charge on any atom is -0.293 e. The first-order valence-corrected chi connectivity index (χ1v) is 4.45. The SMILES string of the molecule is O=S(O)NS(=O)(=O)C(F)(F)F. The fraction of sp³-hybridized carbons (Fsp3) is 1.00. The van der Waals surface area contributed by atoms with Crippen molar-refractivity contribution >= 4 is 21.3 Å². The first-order valence-electron chi connectivity index (χ1n) is 1.86. The van der Waals surface area contributed by atoms with Gasteiger partial charge in [-0.15, -0.1) is 4.13 Å². The van der Waals surface area contributed by atoms with Gasteiger partial charge in [-0.3, -0.25) is 4.55 Å². The molecule has 0 spiro atoms. The molecule has 0 amide bonds. The topological polar surface area (TPSA) is 83.5 Å². The zero-order valence-electron chi connectivity index (χ0n) is 4.62. The summed E-state index contributed by atoms with van der Waals surface area (Å²) in [4.78, 5) is 0. The maximum absolute atomic E-state index is 11.3. The van der Waals surface area contributed by atoms with Crippen molar-refractivity contribution in [3.8, 4) is 0 Å². The summed E-state index contributed by atoms with van der Waals surface area (Å²) >= 11 is -3.24. The van der Waals surface area contributed by atoms with Crippen molar-refractivity contribution in [3.63, 3.8) is 0 Å². The van der Waals surface area contributed by atoms with Crippen LogP contribution in [0.1, 0.15) is 0 Å². The van der Waals surface area contributed by atoms with Gasteiger partial charge in [0.05, 0.1) is 0 Å². The summed E-state index contributed by atoms with van der Waals surface area (Å²) in [5, 5.41) is 0. The molecule has 11 heavy (non-hydrogen) atoms. The summed E-state index contributed by atoms with van der Waals surface area (Å²) in [5.41, 5.74) is -5.56. The fourth-order valence-corrected chi connectivity index (χ4v) is 1.27. The summed E-state index contributed by atoms with van der Waals surface area (Å²) in [7, 11) is -5.70. The lowest BCUT2D eigenvalue weighted by molar-refractivity contribution is -0.0441. The molecule has 1 atom stereocenters. The van der Waals surface area contributed by atoms with E-state index in [0.29, 0.717) is 4.13 Å². The van der Waals surface area contributed by atoms with Gasteiger partial charge >= 0.3 is 15.5 Å². The Balaban J connectivity index is 4.64. The third-order valence-corrected chi connectivity index (χ3v) is 2.54. The Morgan fingerprint density at radius 2 is 1.73 bits per heavy atom. The molecule has 0 aliphatic carbocycles. The number of hydrogen-bond acceptors (Lipinski definition) is 3. The Bertz CT molecular complexity index is 253. The van der Waals surface area contributed by atoms with E-state index >= 15 is 0 Å². The largest absolute Gasteiger partial charge is 0.512 e. The molecule has 10 heteroatoms. The van der Waals surface area contributed by atoms with Crippen LogP contribution >= 0.6 is 0 Å². The average Bonchev–Trinajstić information content (AvgIpc) is 1.56.